The van der Waals surface area contributed by atoms with Gasteiger partial charge in [0.05, 0.1) is 0 Å². The number of benzene rings is 1. The van der Waals surface area contributed by atoms with E-state index in [4.69, 9.17) is 10.5 Å². The lowest BCUT2D eigenvalue weighted by atomic mass is 10.0. The second-order valence-electron chi connectivity index (χ2n) is 5.62. The van der Waals surface area contributed by atoms with E-state index in [9.17, 15) is 0 Å². The molecule has 0 spiro atoms. The molecule has 2 aromatic rings. The van der Waals surface area contributed by atoms with Crippen molar-refractivity contribution in [3.63, 3.8) is 0 Å². The molecule has 0 aliphatic heterocycles. The van der Waals surface area contributed by atoms with Crippen molar-refractivity contribution in [3.05, 3.63) is 59.9 Å². The molecular formula is C18H24N2O. The van der Waals surface area contributed by atoms with Gasteiger partial charge in [0.25, 0.3) is 0 Å². The fourth-order valence-electron chi connectivity index (χ4n) is 2.25. The van der Waals surface area contributed by atoms with Gasteiger partial charge in [-0.05, 0) is 36.1 Å². The van der Waals surface area contributed by atoms with Crippen molar-refractivity contribution >= 4 is 0 Å². The summed E-state index contributed by atoms with van der Waals surface area (Å²) in [6.07, 6.45) is 4.26. The Kier molecular flexibility index (Phi) is 5.34. The van der Waals surface area contributed by atoms with Crippen LogP contribution in [0, 0.1) is 0 Å². The molecule has 1 heterocycles. The first-order valence-corrected chi connectivity index (χ1v) is 7.54. The van der Waals surface area contributed by atoms with E-state index in [-0.39, 0.29) is 12.1 Å². The van der Waals surface area contributed by atoms with Crippen LogP contribution in [0.4, 0.5) is 0 Å². The maximum atomic E-state index is 6.24. The van der Waals surface area contributed by atoms with E-state index < -0.39 is 0 Å². The van der Waals surface area contributed by atoms with Gasteiger partial charge >= 0.3 is 0 Å². The van der Waals surface area contributed by atoms with Gasteiger partial charge in [-0.25, -0.2) is 0 Å². The van der Waals surface area contributed by atoms with Gasteiger partial charge in [0.15, 0.2) is 0 Å². The summed E-state index contributed by atoms with van der Waals surface area (Å²) < 4.78 is 6.18. The van der Waals surface area contributed by atoms with Crippen LogP contribution >= 0.6 is 0 Å². The van der Waals surface area contributed by atoms with Crippen LogP contribution in [0.3, 0.4) is 0 Å². The number of nitrogens with zero attached hydrogens (tertiary/aromatic N) is 1. The fraction of sp³-hybridized carbons (Fsp3) is 0.389. The molecule has 2 N–H and O–H groups in total. The molecule has 2 rings (SSSR count). The van der Waals surface area contributed by atoms with E-state index in [1.807, 2.05) is 30.5 Å². The molecule has 0 aliphatic rings. The lowest BCUT2D eigenvalue weighted by Gasteiger charge is -2.25. The Labute approximate surface area is 127 Å². The van der Waals surface area contributed by atoms with E-state index >= 15 is 0 Å². The first-order chi connectivity index (χ1) is 10.1. The molecule has 3 nitrogen and oxygen atoms in total. The standard InChI is InChI=1S/C18H24N2O/c1-4-17(19)18(15-8-6-10-20-12-15)21-16-9-5-7-14(11-16)13(2)3/h5-13,17-18H,4,19H2,1-3H3. The normalized spacial score (nSPS) is 14.0. The number of ether oxygens (including phenoxy) is 1. The second kappa shape index (κ2) is 7.23. The highest BCUT2D eigenvalue weighted by Gasteiger charge is 2.21. The Morgan fingerprint density at radius 3 is 2.52 bits per heavy atom. The highest BCUT2D eigenvalue weighted by Crippen LogP contribution is 2.27. The van der Waals surface area contributed by atoms with E-state index in [0.29, 0.717) is 5.92 Å². The van der Waals surface area contributed by atoms with Gasteiger partial charge in [-0.3, -0.25) is 4.98 Å². The van der Waals surface area contributed by atoms with Gasteiger partial charge in [-0.1, -0.05) is 39.0 Å². The molecule has 0 saturated heterocycles. The molecule has 0 bridgehead atoms. The maximum absolute atomic E-state index is 6.24. The molecule has 1 aromatic heterocycles. The van der Waals surface area contributed by atoms with E-state index in [2.05, 4.69) is 37.9 Å². The van der Waals surface area contributed by atoms with Gasteiger partial charge in [0.2, 0.25) is 0 Å². The number of nitrogens with two attached hydrogens (primary N) is 1. The van der Waals surface area contributed by atoms with Crippen LogP contribution in [0.15, 0.2) is 48.8 Å². The minimum atomic E-state index is -0.175. The summed E-state index contributed by atoms with van der Waals surface area (Å²) in [5.41, 5.74) is 8.52. The zero-order chi connectivity index (χ0) is 15.2. The zero-order valence-electron chi connectivity index (χ0n) is 13.0. The van der Waals surface area contributed by atoms with Crippen LogP contribution in [-0.4, -0.2) is 11.0 Å². The predicted octanol–water partition coefficient (Wildman–Crippen LogP) is 4.06. The van der Waals surface area contributed by atoms with E-state index in [0.717, 1.165) is 17.7 Å². The monoisotopic (exact) mass is 284 g/mol. The third kappa shape index (κ3) is 4.05. The summed E-state index contributed by atoms with van der Waals surface area (Å²) in [7, 11) is 0. The SMILES string of the molecule is CCC(N)C(Oc1cccc(C(C)C)c1)c1cccnc1. The van der Waals surface area contributed by atoms with Crippen LogP contribution < -0.4 is 10.5 Å². The molecule has 2 atom stereocenters. The molecule has 112 valence electrons. The lowest BCUT2D eigenvalue weighted by molar-refractivity contribution is 0.170. The summed E-state index contributed by atoms with van der Waals surface area (Å²) in [6.45, 7) is 6.42. The Hall–Kier alpha value is -1.87. The third-order valence-corrected chi connectivity index (χ3v) is 3.66. The van der Waals surface area contributed by atoms with Crippen molar-refractivity contribution in [1.29, 1.82) is 0 Å². The molecular weight excluding hydrogens is 260 g/mol. The van der Waals surface area contributed by atoms with Crippen molar-refractivity contribution in [2.45, 2.75) is 45.3 Å². The molecule has 0 saturated carbocycles. The van der Waals surface area contributed by atoms with Crippen LogP contribution in [-0.2, 0) is 0 Å². The lowest BCUT2D eigenvalue weighted by Crippen LogP contribution is -2.31. The van der Waals surface area contributed by atoms with Crippen LogP contribution in [0.2, 0.25) is 0 Å². The largest absolute Gasteiger partial charge is 0.484 e. The molecule has 3 heteroatoms. The highest BCUT2D eigenvalue weighted by molar-refractivity contribution is 5.31. The van der Waals surface area contributed by atoms with E-state index in [1.165, 1.54) is 5.56 Å². The molecule has 0 amide bonds. The van der Waals surface area contributed by atoms with E-state index in [1.54, 1.807) is 6.20 Å². The smallest absolute Gasteiger partial charge is 0.140 e. The third-order valence-electron chi connectivity index (χ3n) is 3.66. The minimum absolute atomic E-state index is 0.0584. The molecule has 1 aromatic carbocycles. The quantitative estimate of drug-likeness (QED) is 0.870. The number of hydrogen-bond acceptors (Lipinski definition) is 3. The molecule has 0 aliphatic carbocycles. The van der Waals surface area contributed by atoms with Gasteiger partial charge in [0.1, 0.15) is 11.9 Å². The number of pyridine rings is 1. The Morgan fingerprint density at radius 2 is 1.90 bits per heavy atom. The summed E-state index contributed by atoms with van der Waals surface area (Å²) in [5, 5.41) is 0. The van der Waals surface area contributed by atoms with Gasteiger partial charge in [-0.2, -0.15) is 0 Å². The summed E-state index contributed by atoms with van der Waals surface area (Å²) in [5.74, 6) is 1.34. The molecule has 0 radical (unpaired) electrons. The Bertz CT molecular complexity index is 554. The topological polar surface area (TPSA) is 48.1 Å². The number of hydrogen-bond donors (Lipinski definition) is 1. The zero-order valence-corrected chi connectivity index (χ0v) is 13.0. The average Bonchev–Trinajstić information content (AvgIpc) is 2.53. The first kappa shape index (κ1) is 15.5. The van der Waals surface area contributed by atoms with Gasteiger partial charge < -0.3 is 10.5 Å². The maximum Gasteiger partial charge on any atom is 0.140 e. The van der Waals surface area contributed by atoms with Crippen molar-refractivity contribution in [2.24, 2.45) is 5.73 Å². The summed E-state index contributed by atoms with van der Waals surface area (Å²) in [6, 6.07) is 12.1. The summed E-state index contributed by atoms with van der Waals surface area (Å²) in [4.78, 5) is 4.17. The minimum Gasteiger partial charge on any atom is -0.484 e. The van der Waals surface area contributed by atoms with Crippen molar-refractivity contribution in [3.8, 4) is 5.75 Å². The fourth-order valence-corrected chi connectivity index (χ4v) is 2.25. The number of aromatic nitrogens is 1. The Balaban J connectivity index is 2.25. The highest BCUT2D eigenvalue weighted by atomic mass is 16.5. The van der Waals surface area contributed by atoms with Crippen molar-refractivity contribution in [2.75, 3.05) is 0 Å². The van der Waals surface area contributed by atoms with Crippen molar-refractivity contribution in [1.82, 2.24) is 4.98 Å². The van der Waals surface area contributed by atoms with Crippen LogP contribution in [0.1, 0.15) is 50.3 Å². The average molecular weight is 284 g/mol. The van der Waals surface area contributed by atoms with Gasteiger partial charge in [-0.15, -0.1) is 0 Å². The van der Waals surface area contributed by atoms with Crippen LogP contribution in [0.5, 0.6) is 5.75 Å². The molecule has 21 heavy (non-hydrogen) atoms. The first-order valence-electron chi connectivity index (χ1n) is 7.54. The van der Waals surface area contributed by atoms with Crippen LogP contribution in [0.25, 0.3) is 0 Å². The van der Waals surface area contributed by atoms with Gasteiger partial charge in [0, 0.05) is 24.0 Å². The molecule has 0 fully saturated rings. The predicted molar refractivity (Wildman–Crippen MR) is 86.4 cm³/mol. The second-order valence-corrected chi connectivity index (χ2v) is 5.62. The number of rotatable bonds is 6. The Morgan fingerprint density at radius 1 is 1.14 bits per heavy atom. The van der Waals surface area contributed by atoms with Crippen molar-refractivity contribution < 1.29 is 4.74 Å². The molecule has 2 unspecified atom stereocenters. The summed E-state index contributed by atoms with van der Waals surface area (Å²) >= 11 is 0.